The second kappa shape index (κ2) is 7.57. The molecule has 1 aromatic rings. The zero-order valence-electron chi connectivity index (χ0n) is 11.2. The lowest BCUT2D eigenvalue weighted by atomic mass is 10.2. The van der Waals surface area contributed by atoms with Gasteiger partial charge in [0, 0.05) is 6.54 Å². The summed E-state index contributed by atoms with van der Waals surface area (Å²) in [6, 6.07) is 7.81. The van der Waals surface area contributed by atoms with Crippen LogP contribution in [0, 0.1) is 11.3 Å². The Kier molecular flexibility index (Phi) is 6.03. The van der Waals surface area contributed by atoms with Crippen LogP contribution >= 0.6 is 0 Å². The van der Waals surface area contributed by atoms with E-state index in [1.165, 1.54) is 0 Å². The minimum atomic E-state index is -0.488. The fourth-order valence-corrected chi connectivity index (χ4v) is 1.55. The molecule has 0 saturated heterocycles. The average molecular weight is 248 g/mol. The first-order chi connectivity index (χ1) is 8.71. The van der Waals surface area contributed by atoms with E-state index in [0.717, 1.165) is 25.1 Å². The van der Waals surface area contributed by atoms with Crippen LogP contribution in [0.2, 0.25) is 0 Å². The molecule has 98 valence electrons. The van der Waals surface area contributed by atoms with E-state index in [2.05, 4.69) is 12.2 Å². The Bertz CT molecular complexity index is 413. The SMILES string of the molecule is CCCNCc1ccc(OC)c(OC(C)C#N)c1. The minimum absolute atomic E-state index is 0.488. The zero-order valence-corrected chi connectivity index (χ0v) is 11.2. The highest BCUT2D eigenvalue weighted by atomic mass is 16.5. The maximum atomic E-state index is 8.77. The highest BCUT2D eigenvalue weighted by Crippen LogP contribution is 2.28. The standard InChI is InChI=1S/C14H20N2O2/c1-4-7-16-10-12-5-6-13(17-3)14(8-12)18-11(2)9-15/h5-6,8,11,16H,4,7,10H2,1-3H3. The van der Waals surface area contributed by atoms with Crippen molar-refractivity contribution in [3.05, 3.63) is 23.8 Å². The van der Waals surface area contributed by atoms with Crippen molar-refractivity contribution in [3.8, 4) is 17.6 Å². The number of rotatable bonds is 7. The Morgan fingerprint density at radius 2 is 2.17 bits per heavy atom. The average Bonchev–Trinajstić information content (AvgIpc) is 2.39. The zero-order chi connectivity index (χ0) is 13.4. The Hall–Kier alpha value is -1.73. The third-order valence-electron chi connectivity index (χ3n) is 2.47. The van der Waals surface area contributed by atoms with Gasteiger partial charge in [-0.2, -0.15) is 5.26 Å². The van der Waals surface area contributed by atoms with Gasteiger partial charge in [0.2, 0.25) is 0 Å². The third-order valence-corrected chi connectivity index (χ3v) is 2.47. The summed E-state index contributed by atoms with van der Waals surface area (Å²) >= 11 is 0. The van der Waals surface area contributed by atoms with Gasteiger partial charge in [-0.05, 0) is 37.6 Å². The molecule has 4 nitrogen and oxygen atoms in total. The first kappa shape index (κ1) is 14.3. The molecular weight excluding hydrogens is 228 g/mol. The Morgan fingerprint density at radius 3 is 2.78 bits per heavy atom. The van der Waals surface area contributed by atoms with Crippen molar-refractivity contribution in [1.82, 2.24) is 5.32 Å². The van der Waals surface area contributed by atoms with Crippen molar-refractivity contribution in [2.75, 3.05) is 13.7 Å². The predicted molar refractivity (Wildman–Crippen MR) is 70.7 cm³/mol. The van der Waals surface area contributed by atoms with Gasteiger partial charge in [-0.15, -0.1) is 0 Å². The largest absolute Gasteiger partial charge is 0.493 e. The normalized spacial score (nSPS) is 11.7. The summed E-state index contributed by atoms with van der Waals surface area (Å²) in [5.74, 6) is 1.26. The summed E-state index contributed by atoms with van der Waals surface area (Å²) in [5.41, 5.74) is 1.12. The Balaban J connectivity index is 2.78. The van der Waals surface area contributed by atoms with Crippen molar-refractivity contribution in [1.29, 1.82) is 5.26 Å². The van der Waals surface area contributed by atoms with Crippen LogP contribution in [0.3, 0.4) is 0 Å². The number of methoxy groups -OCH3 is 1. The number of nitrogens with zero attached hydrogens (tertiary/aromatic N) is 1. The summed E-state index contributed by atoms with van der Waals surface area (Å²) in [4.78, 5) is 0. The fraction of sp³-hybridized carbons (Fsp3) is 0.500. The molecule has 1 aromatic carbocycles. The van der Waals surface area contributed by atoms with Gasteiger partial charge in [0.1, 0.15) is 6.07 Å². The highest BCUT2D eigenvalue weighted by Gasteiger charge is 2.09. The van der Waals surface area contributed by atoms with E-state index < -0.39 is 6.10 Å². The molecule has 0 aliphatic heterocycles. The molecule has 0 bridgehead atoms. The molecule has 0 aromatic heterocycles. The molecule has 0 radical (unpaired) electrons. The van der Waals surface area contributed by atoms with Gasteiger partial charge in [0.25, 0.3) is 0 Å². The summed E-state index contributed by atoms with van der Waals surface area (Å²) < 4.78 is 10.7. The van der Waals surface area contributed by atoms with Crippen LogP contribution in [0.25, 0.3) is 0 Å². The molecule has 0 fully saturated rings. The number of hydrogen-bond donors (Lipinski definition) is 1. The lowest BCUT2D eigenvalue weighted by molar-refractivity contribution is 0.259. The molecule has 1 N–H and O–H groups in total. The Labute approximate surface area is 109 Å². The molecule has 0 amide bonds. The van der Waals surface area contributed by atoms with E-state index in [-0.39, 0.29) is 0 Å². The Morgan fingerprint density at radius 1 is 1.39 bits per heavy atom. The first-order valence-corrected chi connectivity index (χ1v) is 6.15. The van der Waals surface area contributed by atoms with Crippen LogP contribution in [-0.2, 0) is 6.54 Å². The molecule has 18 heavy (non-hydrogen) atoms. The van der Waals surface area contributed by atoms with Gasteiger partial charge in [-0.25, -0.2) is 0 Å². The summed E-state index contributed by atoms with van der Waals surface area (Å²) in [6.07, 6.45) is 0.614. The molecule has 0 spiro atoms. The molecule has 0 heterocycles. The van der Waals surface area contributed by atoms with E-state index in [0.29, 0.717) is 11.5 Å². The second-order valence-corrected chi connectivity index (χ2v) is 4.05. The van der Waals surface area contributed by atoms with Crippen LogP contribution in [-0.4, -0.2) is 19.8 Å². The van der Waals surface area contributed by atoms with E-state index in [1.54, 1.807) is 14.0 Å². The van der Waals surface area contributed by atoms with Crippen LogP contribution in [0.1, 0.15) is 25.8 Å². The quantitative estimate of drug-likeness (QED) is 0.753. The molecule has 0 aliphatic carbocycles. The van der Waals surface area contributed by atoms with Gasteiger partial charge < -0.3 is 14.8 Å². The van der Waals surface area contributed by atoms with Crippen molar-refractivity contribution >= 4 is 0 Å². The number of hydrogen-bond acceptors (Lipinski definition) is 4. The van der Waals surface area contributed by atoms with Crippen molar-refractivity contribution in [2.45, 2.75) is 32.9 Å². The number of benzene rings is 1. The molecular formula is C14H20N2O2. The molecule has 4 heteroatoms. The maximum Gasteiger partial charge on any atom is 0.181 e. The number of nitrogens with one attached hydrogen (secondary N) is 1. The van der Waals surface area contributed by atoms with E-state index in [4.69, 9.17) is 14.7 Å². The lowest BCUT2D eigenvalue weighted by Gasteiger charge is -2.13. The van der Waals surface area contributed by atoms with Crippen LogP contribution in [0.5, 0.6) is 11.5 Å². The minimum Gasteiger partial charge on any atom is -0.493 e. The van der Waals surface area contributed by atoms with Crippen molar-refractivity contribution < 1.29 is 9.47 Å². The number of ether oxygens (including phenoxy) is 2. The van der Waals surface area contributed by atoms with Gasteiger partial charge in [-0.1, -0.05) is 13.0 Å². The summed E-state index contributed by atoms with van der Waals surface area (Å²) in [5, 5.41) is 12.1. The smallest absolute Gasteiger partial charge is 0.181 e. The molecule has 1 rings (SSSR count). The molecule has 0 saturated carbocycles. The third kappa shape index (κ3) is 4.27. The van der Waals surface area contributed by atoms with Crippen molar-refractivity contribution in [2.24, 2.45) is 0 Å². The maximum absolute atomic E-state index is 8.77. The monoisotopic (exact) mass is 248 g/mol. The van der Waals surface area contributed by atoms with Gasteiger partial charge in [-0.3, -0.25) is 0 Å². The predicted octanol–water partition coefficient (Wildman–Crippen LogP) is 2.49. The van der Waals surface area contributed by atoms with Crippen LogP contribution < -0.4 is 14.8 Å². The highest BCUT2D eigenvalue weighted by molar-refractivity contribution is 5.43. The second-order valence-electron chi connectivity index (χ2n) is 4.05. The van der Waals surface area contributed by atoms with Gasteiger partial charge in [0.05, 0.1) is 7.11 Å². The summed E-state index contributed by atoms with van der Waals surface area (Å²) in [7, 11) is 1.59. The fourth-order valence-electron chi connectivity index (χ4n) is 1.55. The number of nitriles is 1. The summed E-state index contributed by atoms with van der Waals surface area (Å²) in [6.45, 7) is 5.61. The van der Waals surface area contributed by atoms with E-state index in [9.17, 15) is 0 Å². The van der Waals surface area contributed by atoms with E-state index in [1.807, 2.05) is 24.3 Å². The lowest BCUT2D eigenvalue weighted by Crippen LogP contribution is -2.14. The van der Waals surface area contributed by atoms with Crippen LogP contribution in [0.4, 0.5) is 0 Å². The van der Waals surface area contributed by atoms with Crippen molar-refractivity contribution in [3.63, 3.8) is 0 Å². The van der Waals surface area contributed by atoms with Crippen LogP contribution in [0.15, 0.2) is 18.2 Å². The van der Waals surface area contributed by atoms with Gasteiger partial charge >= 0.3 is 0 Å². The molecule has 1 unspecified atom stereocenters. The topological polar surface area (TPSA) is 54.3 Å². The van der Waals surface area contributed by atoms with Gasteiger partial charge in [0.15, 0.2) is 17.6 Å². The van der Waals surface area contributed by atoms with E-state index >= 15 is 0 Å². The molecule has 1 atom stereocenters. The molecule has 0 aliphatic rings. The first-order valence-electron chi connectivity index (χ1n) is 6.15.